The molecular formula is C16H30N2O3S. The van der Waals surface area contributed by atoms with Crippen molar-refractivity contribution in [2.75, 3.05) is 45.1 Å². The zero-order valence-corrected chi connectivity index (χ0v) is 15.2. The summed E-state index contributed by atoms with van der Waals surface area (Å²) in [6, 6.07) is 0. The van der Waals surface area contributed by atoms with Crippen LogP contribution in [-0.2, 0) is 9.47 Å². The van der Waals surface area contributed by atoms with Crippen LogP contribution in [0, 0.1) is 0 Å². The van der Waals surface area contributed by atoms with Crippen molar-refractivity contribution < 1.29 is 14.3 Å². The fourth-order valence-corrected chi connectivity index (χ4v) is 4.02. The smallest absolute Gasteiger partial charge is 0.410 e. The predicted molar refractivity (Wildman–Crippen MR) is 90.5 cm³/mol. The Morgan fingerprint density at radius 3 is 2.50 bits per heavy atom. The van der Waals surface area contributed by atoms with Crippen LogP contribution in [0.25, 0.3) is 0 Å². The molecule has 2 aliphatic heterocycles. The average molecular weight is 330 g/mol. The van der Waals surface area contributed by atoms with Gasteiger partial charge in [-0.2, -0.15) is 11.8 Å². The van der Waals surface area contributed by atoms with Crippen molar-refractivity contribution in [3.8, 4) is 0 Å². The van der Waals surface area contributed by atoms with Crippen molar-refractivity contribution >= 4 is 17.9 Å². The monoisotopic (exact) mass is 330 g/mol. The zero-order valence-electron chi connectivity index (χ0n) is 14.3. The lowest BCUT2D eigenvalue weighted by atomic mass is 10.2. The zero-order chi connectivity index (χ0) is 16.2. The Hall–Kier alpha value is -0.460. The van der Waals surface area contributed by atoms with E-state index in [9.17, 15) is 4.79 Å². The summed E-state index contributed by atoms with van der Waals surface area (Å²) in [5, 5.41) is 0.656. The quantitative estimate of drug-likeness (QED) is 0.792. The highest BCUT2D eigenvalue weighted by Crippen LogP contribution is 2.26. The number of thioether (sulfide) groups is 1. The van der Waals surface area contributed by atoms with Gasteiger partial charge in [-0.15, -0.1) is 0 Å². The number of amides is 1. The van der Waals surface area contributed by atoms with Crippen molar-refractivity contribution in [2.24, 2.45) is 0 Å². The number of rotatable bonds is 4. The molecule has 2 atom stereocenters. The average Bonchev–Trinajstić information content (AvgIpc) is 2.83. The molecule has 2 fully saturated rings. The Bertz CT molecular complexity index is 365. The van der Waals surface area contributed by atoms with Crippen LogP contribution in [0.3, 0.4) is 0 Å². The number of carbonyl (C=O) groups excluding carboxylic acids is 1. The van der Waals surface area contributed by atoms with Gasteiger partial charge < -0.3 is 14.4 Å². The number of hydrogen-bond acceptors (Lipinski definition) is 5. The second-order valence-electron chi connectivity index (χ2n) is 7.08. The van der Waals surface area contributed by atoms with Gasteiger partial charge in [0.2, 0.25) is 0 Å². The maximum Gasteiger partial charge on any atom is 0.410 e. The fraction of sp³-hybridized carbons (Fsp3) is 0.938. The van der Waals surface area contributed by atoms with E-state index in [1.807, 2.05) is 37.4 Å². The van der Waals surface area contributed by atoms with Gasteiger partial charge in [0.15, 0.2) is 0 Å². The van der Waals surface area contributed by atoms with Crippen LogP contribution >= 0.6 is 11.8 Å². The van der Waals surface area contributed by atoms with Gasteiger partial charge in [0.1, 0.15) is 5.60 Å². The summed E-state index contributed by atoms with van der Waals surface area (Å²) in [6.45, 7) is 13.3. The van der Waals surface area contributed by atoms with Crippen LogP contribution in [0.2, 0.25) is 0 Å². The third kappa shape index (κ3) is 5.63. The fourth-order valence-electron chi connectivity index (χ4n) is 2.74. The van der Waals surface area contributed by atoms with E-state index in [0.29, 0.717) is 11.4 Å². The third-order valence-corrected chi connectivity index (χ3v) is 5.54. The standard InChI is InChI=1S/C16H30N2O3S/c1-13-14(5-11-20-13)22-12-10-17-6-8-18(9-7-17)15(19)21-16(2,3)4/h13-14H,5-12H2,1-4H3/t13-,14+/m1/s1. The minimum atomic E-state index is -0.412. The molecule has 2 heterocycles. The molecule has 0 aromatic rings. The largest absolute Gasteiger partial charge is 0.444 e. The summed E-state index contributed by atoms with van der Waals surface area (Å²) in [4.78, 5) is 16.3. The Labute approximate surface area is 138 Å². The second-order valence-corrected chi connectivity index (χ2v) is 8.43. The van der Waals surface area contributed by atoms with Gasteiger partial charge in [0.05, 0.1) is 6.10 Å². The van der Waals surface area contributed by atoms with Gasteiger partial charge in [-0.1, -0.05) is 0 Å². The first-order valence-electron chi connectivity index (χ1n) is 8.28. The summed E-state index contributed by atoms with van der Waals surface area (Å²) in [6.07, 6.45) is 1.39. The maximum absolute atomic E-state index is 12.0. The number of nitrogens with zero attached hydrogens (tertiary/aromatic N) is 2. The molecular weight excluding hydrogens is 300 g/mol. The molecule has 5 nitrogen and oxygen atoms in total. The van der Waals surface area contributed by atoms with Crippen molar-refractivity contribution in [1.29, 1.82) is 0 Å². The molecule has 0 unspecified atom stereocenters. The van der Waals surface area contributed by atoms with E-state index in [1.165, 1.54) is 6.42 Å². The highest BCUT2D eigenvalue weighted by molar-refractivity contribution is 8.00. The molecule has 0 radical (unpaired) electrons. The lowest BCUT2D eigenvalue weighted by molar-refractivity contribution is 0.0150. The molecule has 22 heavy (non-hydrogen) atoms. The number of ether oxygens (including phenoxy) is 2. The van der Waals surface area contributed by atoms with Gasteiger partial charge in [0, 0.05) is 50.3 Å². The molecule has 1 amide bonds. The molecule has 0 aromatic heterocycles. The van der Waals surface area contributed by atoms with Crippen LogP contribution in [0.15, 0.2) is 0 Å². The molecule has 2 rings (SSSR count). The SMILES string of the molecule is C[C@H]1OCC[C@@H]1SCCN1CCN(C(=O)OC(C)(C)C)CC1. The Balaban J connectivity index is 1.61. The number of carbonyl (C=O) groups is 1. The molecule has 6 heteroatoms. The highest BCUT2D eigenvalue weighted by atomic mass is 32.2. The first kappa shape index (κ1) is 17.9. The molecule has 0 aromatic carbocycles. The van der Waals surface area contributed by atoms with Gasteiger partial charge >= 0.3 is 6.09 Å². The summed E-state index contributed by atoms with van der Waals surface area (Å²) in [5.74, 6) is 1.14. The Morgan fingerprint density at radius 1 is 1.27 bits per heavy atom. The van der Waals surface area contributed by atoms with E-state index in [1.54, 1.807) is 0 Å². The van der Waals surface area contributed by atoms with E-state index in [0.717, 1.165) is 45.1 Å². The van der Waals surface area contributed by atoms with Crippen LogP contribution in [0.5, 0.6) is 0 Å². The Morgan fingerprint density at radius 2 is 1.95 bits per heavy atom. The summed E-state index contributed by atoms with van der Waals surface area (Å²) in [7, 11) is 0. The summed E-state index contributed by atoms with van der Waals surface area (Å²) >= 11 is 2.03. The molecule has 128 valence electrons. The lowest BCUT2D eigenvalue weighted by Crippen LogP contribution is -2.50. The van der Waals surface area contributed by atoms with Crippen LogP contribution in [-0.4, -0.2) is 77.9 Å². The second kappa shape index (κ2) is 7.88. The summed E-state index contributed by atoms with van der Waals surface area (Å²) < 4.78 is 11.0. The minimum Gasteiger partial charge on any atom is -0.444 e. The summed E-state index contributed by atoms with van der Waals surface area (Å²) in [5.41, 5.74) is -0.412. The normalized spacial score (nSPS) is 27.2. The number of hydrogen-bond donors (Lipinski definition) is 0. The van der Waals surface area contributed by atoms with E-state index in [4.69, 9.17) is 9.47 Å². The molecule has 0 saturated carbocycles. The van der Waals surface area contributed by atoms with E-state index >= 15 is 0 Å². The lowest BCUT2D eigenvalue weighted by Gasteiger charge is -2.35. The third-order valence-electron chi connectivity index (χ3n) is 4.07. The van der Waals surface area contributed by atoms with E-state index < -0.39 is 5.60 Å². The first-order chi connectivity index (χ1) is 10.3. The van der Waals surface area contributed by atoms with Gasteiger partial charge in [-0.3, -0.25) is 4.90 Å². The van der Waals surface area contributed by atoms with Crippen molar-refractivity contribution in [2.45, 2.75) is 51.1 Å². The van der Waals surface area contributed by atoms with Crippen LogP contribution < -0.4 is 0 Å². The van der Waals surface area contributed by atoms with Gasteiger partial charge in [-0.05, 0) is 34.1 Å². The van der Waals surface area contributed by atoms with Gasteiger partial charge in [0.25, 0.3) is 0 Å². The topological polar surface area (TPSA) is 42.0 Å². The molecule has 0 spiro atoms. The number of piperazine rings is 1. The molecule has 2 saturated heterocycles. The maximum atomic E-state index is 12.0. The van der Waals surface area contributed by atoms with Crippen molar-refractivity contribution in [3.05, 3.63) is 0 Å². The molecule has 0 aliphatic carbocycles. The molecule has 0 N–H and O–H groups in total. The Kier molecular flexibility index (Phi) is 6.41. The predicted octanol–water partition coefficient (Wildman–Crippen LogP) is 2.45. The van der Waals surface area contributed by atoms with E-state index in [-0.39, 0.29) is 6.09 Å². The van der Waals surface area contributed by atoms with E-state index in [2.05, 4.69) is 11.8 Å². The molecule has 0 bridgehead atoms. The first-order valence-corrected chi connectivity index (χ1v) is 9.33. The molecule has 2 aliphatic rings. The minimum absolute atomic E-state index is 0.182. The van der Waals surface area contributed by atoms with Crippen molar-refractivity contribution in [1.82, 2.24) is 9.80 Å². The van der Waals surface area contributed by atoms with Gasteiger partial charge in [-0.25, -0.2) is 4.79 Å². The van der Waals surface area contributed by atoms with Crippen LogP contribution in [0.4, 0.5) is 4.79 Å². The van der Waals surface area contributed by atoms with Crippen LogP contribution in [0.1, 0.15) is 34.1 Å². The van der Waals surface area contributed by atoms with Crippen molar-refractivity contribution in [3.63, 3.8) is 0 Å². The highest BCUT2D eigenvalue weighted by Gasteiger charge is 2.27.